The molecule has 8 heteroatoms. The van der Waals surface area contributed by atoms with Gasteiger partial charge in [-0.2, -0.15) is 0 Å². The van der Waals surface area contributed by atoms with E-state index >= 15 is 0 Å². The normalized spacial score (nSPS) is 14.4. The minimum atomic E-state index is -2.14. The van der Waals surface area contributed by atoms with Crippen LogP contribution in [0.4, 0.5) is 0 Å². The van der Waals surface area contributed by atoms with Crippen LogP contribution in [-0.2, 0) is 30.1 Å². The number of benzene rings is 1. The van der Waals surface area contributed by atoms with Crippen LogP contribution in [0.1, 0.15) is 93.1 Å². The Morgan fingerprint density at radius 3 is 2.07 bits per heavy atom. The summed E-state index contributed by atoms with van der Waals surface area (Å²) in [6, 6.07) is 7.81. The smallest absolute Gasteiger partial charge is 0.313 e. The second-order valence-electron chi connectivity index (χ2n) is 12.9. The van der Waals surface area contributed by atoms with Crippen molar-refractivity contribution in [2.24, 2.45) is 5.92 Å². The summed E-state index contributed by atoms with van der Waals surface area (Å²) in [5, 5.41) is 10.2. The van der Waals surface area contributed by atoms with Crippen molar-refractivity contribution in [3.05, 3.63) is 65.3 Å². The summed E-state index contributed by atoms with van der Waals surface area (Å²) in [4.78, 5) is 23.2. The van der Waals surface area contributed by atoms with Crippen LogP contribution in [0.3, 0.4) is 0 Å². The second-order valence-corrected chi connectivity index (χ2v) is 18.3. The highest BCUT2D eigenvalue weighted by molar-refractivity contribution is 6.77. The molecule has 0 heterocycles. The van der Waals surface area contributed by atoms with E-state index in [1.807, 2.05) is 42.5 Å². The number of esters is 1. The van der Waals surface area contributed by atoms with Crippen molar-refractivity contribution >= 4 is 20.1 Å². The maximum absolute atomic E-state index is 11.9. The molecule has 0 saturated heterocycles. The summed E-state index contributed by atoms with van der Waals surface area (Å²) in [6.07, 6.45) is 10.5. The Balaban J connectivity index is 3.02. The molecular formula is C37H60O7Si. The third-order valence-corrected chi connectivity index (χ3v) is 14.9. The van der Waals surface area contributed by atoms with E-state index < -0.39 is 14.3 Å². The largest absolute Gasteiger partial charge is 0.497 e. The molecule has 254 valence electrons. The summed E-state index contributed by atoms with van der Waals surface area (Å²) in [5.74, 6) is 0.359. The molecule has 0 bridgehead atoms. The van der Waals surface area contributed by atoms with E-state index in [1.165, 1.54) is 7.11 Å². The molecule has 0 aromatic heterocycles. The number of hydrogen-bond donors (Lipinski definition) is 1. The number of aliphatic hydroxyl groups is 1. The van der Waals surface area contributed by atoms with Gasteiger partial charge < -0.3 is 23.7 Å². The highest BCUT2D eigenvalue weighted by Gasteiger charge is 2.47. The molecule has 45 heavy (non-hydrogen) atoms. The van der Waals surface area contributed by atoms with E-state index in [9.17, 15) is 14.7 Å². The number of aliphatic hydroxyl groups excluding tert-OH is 1. The Hall–Kier alpha value is -2.52. The first kappa shape index (κ1) is 40.5. The molecule has 1 rings (SSSR count). The minimum absolute atomic E-state index is 0.0188. The van der Waals surface area contributed by atoms with E-state index in [4.69, 9.17) is 13.9 Å². The monoisotopic (exact) mass is 644 g/mol. The first-order valence-corrected chi connectivity index (χ1v) is 18.5. The number of Topliss-reactive ketones (excluding diaryl/α,β-unsaturated/α-hetero) is 1. The van der Waals surface area contributed by atoms with Crippen LogP contribution in [0.25, 0.3) is 0 Å². The fourth-order valence-electron chi connectivity index (χ4n) is 6.06. The van der Waals surface area contributed by atoms with Crippen molar-refractivity contribution in [3.63, 3.8) is 0 Å². The maximum Gasteiger partial charge on any atom is 0.313 e. The van der Waals surface area contributed by atoms with Crippen molar-refractivity contribution in [1.82, 2.24) is 0 Å². The maximum atomic E-state index is 11.9. The molecule has 0 amide bonds. The van der Waals surface area contributed by atoms with Gasteiger partial charge in [-0.25, -0.2) is 0 Å². The van der Waals surface area contributed by atoms with Gasteiger partial charge in [-0.3, -0.25) is 9.59 Å². The lowest BCUT2D eigenvalue weighted by Gasteiger charge is -2.45. The predicted molar refractivity (Wildman–Crippen MR) is 186 cm³/mol. The van der Waals surface area contributed by atoms with Crippen LogP contribution in [0.15, 0.2) is 59.7 Å². The highest BCUT2D eigenvalue weighted by atomic mass is 28.4. The molecule has 0 spiro atoms. The van der Waals surface area contributed by atoms with Crippen molar-refractivity contribution in [2.45, 2.75) is 117 Å². The van der Waals surface area contributed by atoms with Gasteiger partial charge in [0.05, 0.1) is 40.1 Å². The third-order valence-electron chi connectivity index (χ3n) is 8.77. The number of methoxy groups -OCH3 is 2. The lowest BCUT2D eigenvalue weighted by atomic mass is 9.96. The Morgan fingerprint density at radius 1 is 0.911 bits per heavy atom. The highest BCUT2D eigenvalue weighted by Crippen LogP contribution is 2.44. The molecule has 2 atom stereocenters. The Bertz CT molecular complexity index is 1080. The van der Waals surface area contributed by atoms with Gasteiger partial charge in [-0.15, -0.1) is 0 Å². The zero-order valence-electron chi connectivity index (χ0n) is 29.6. The van der Waals surface area contributed by atoms with Gasteiger partial charge in [0.25, 0.3) is 0 Å². The van der Waals surface area contributed by atoms with Gasteiger partial charge in [-0.05, 0) is 72.0 Å². The van der Waals surface area contributed by atoms with Gasteiger partial charge in [0.15, 0.2) is 0 Å². The Labute approximate surface area is 274 Å². The minimum Gasteiger partial charge on any atom is -0.497 e. The Kier molecular flexibility index (Phi) is 19.2. The lowest BCUT2D eigenvalue weighted by Crippen LogP contribution is -2.51. The summed E-state index contributed by atoms with van der Waals surface area (Å²) in [5.41, 5.74) is 4.51. The molecular weight excluding hydrogens is 584 g/mol. The quantitative estimate of drug-likeness (QED) is 0.0445. The molecule has 0 aliphatic carbocycles. The van der Waals surface area contributed by atoms with E-state index in [2.05, 4.69) is 66.2 Å². The molecule has 1 N–H and O–H groups in total. The van der Waals surface area contributed by atoms with Gasteiger partial charge in [0.2, 0.25) is 8.32 Å². The number of allylic oxidation sites excluding steroid dienone is 4. The van der Waals surface area contributed by atoms with Crippen molar-refractivity contribution in [2.75, 3.05) is 27.4 Å². The SMILES string of the molecule is COC(=O)CC(=O)CC/C=C/C=C/[C@H](C)[C@H](CC/C(C)=C(\CO)COCc1ccc(OC)cc1)O[Si](C(C)C)(C(C)C)C(C)C. The van der Waals surface area contributed by atoms with E-state index in [0.29, 0.717) is 42.7 Å². The topological polar surface area (TPSA) is 91.3 Å². The van der Waals surface area contributed by atoms with Gasteiger partial charge >= 0.3 is 5.97 Å². The van der Waals surface area contributed by atoms with E-state index in [1.54, 1.807) is 7.11 Å². The molecule has 0 radical (unpaired) electrons. The third kappa shape index (κ3) is 13.8. The number of carbonyl (C=O) groups excluding carboxylic acids is 2. The summed E-state index contributed by atoms with van der Waals surface area (Å²) in [7, 11) is 0.797. The van der Waals surface area contributed by atoms with Crippen LogP contribution < -0.4 is 4.74 Å². The molecule has 7 nitrogen and oxygen atoms in total. The van der Waals surface area contributed by atoms with Gasteiger partial charge in [0.1, 0.15) is 18.0 Å². The number of hydrogen-bond acceptors (Lipinski definition) is 7. The zero-order chi connectivity index (χ0) is 34.0. The van der Waals surface area contributed by atoms with Crippen LogP contribution >= 0.6 is 0 Å². The zero-order valence-corrected chi connectivity index (χ0v) is 30.6. The van der Waals surface area contributed by atoms with Crippen LogP contribution in [0.2, 0.25) is 16.6 Å². The number of rotatable bonds is 22. The lowest BCUT2D eigenvalue weighted by molar-refractivity contribution is -0.143. The van der Waals surface area contributed by atoms with Crippen LogP contribution in [0.5, 0.6) is 5.75 Å². The summed E-state index contributed by atoms with van der Waals surface area (Å²) < 4.78 is 23.1. The first-order valence-electron chi connectivity index (χ1n) is 16.4. The molecule has 0 aliphatic rings. The van der Waals surface area contributed by atoms with Gasteiger partial charge in [0, 0.05) is 6.42 Å². The number of ether oxygens (including phenoxy) is 3. The average Bonchev–Trinajstić information content (AvgIpc) is 3.00. The fourth-order valence-corrected chi connectivity index (χ4v) is 11.7. The standard InChI is InChI=1S/C37H60O7Si/c1-27(2)45(28(3)4,29(5)6)44-36(31(8)15-13-11-12-14-16-34(39)23-37(40)42-10)22-17-30(7)33(24-38)26-43-25-32-18-20-35(41-9)21-19-32/h11-13,15,18-21,27-29,31,36,38H,14,16-17,22-26H2,1-10H3/b12-11+,15-13+,33-30+/t31-,36-/m0/s1. The van der Waals surface area contributed by atoms with Crippen LogP contribution in [-0.4, -0.2) is 58.7 Å². The number of carbonyl (C=O) groups is 2. The van der Waals surface area contributed by atoms with Crippen molar-refractivity contribution in [3.8, 4) is 5.75 Å². The molecule has 0 fully saturated rings. The predicted octanol–water partition coefficient (Wildman–Crippen LogP) is 8.52. The van der Waals surface area contributed by atoms with Gasteiger partial charge in [-0.1, -0.05) is 90.5 Å². The fraction of sp³-hybridized carbons (Fsp3) is 0.622. The first-order chi connectivity index (χ1) is 21.3. The van der Waals surface area contributed by atoms with Crippen molar-refractivity contribution < 1.29 is 33.3 Å². The summed E-state index contributed by atoms with van der Waals surface area (Å²) >= 11 is 0. The molecule has 1 aromatic rings. The van der Waals surface area contributed by atoms with Crippen LogP contribution in [0, 0.1) is 5.92 Å². The Morgan fingerprint density at radius 2 is 1.53 bits per heavy atom. The molecule has 0 aliphatic heterocycles. The molecule has 0 saturated carbocycles. The molecule has 1 aromatic carbocycles. The van der Waals surface area contributed by atoms with E-state index in [0.717, 1.165) is 35.3 Å². The van der Waals surface area contributed by atoms with Crippen molar-refractivity contribution in [1.29, 1.82) is 0 Å². The second kappa shape index (κ2) is 21.3. The molecule has 0 unspecified atom stereocenters. The number of ketones is 1. The average molecular weight is 645 g/mol. The summed E-state index contributed by atoms with van der Waals surface area (Å²) in [6.45, 7) is 19.0. The van der Waals surface area contributed by atoms with E-state index in [-0.39, 0.29) is 30.8 Å².